The average Bonchev–Trinajstić information content (AvgIpc) is 2.30. The van der Waals surface area contributed by atoms with E-state index in [1.165, 1.54) is 0 Å². The molecule has 3 N–H and O–H groups in total. The molecule has 18 heavy (non-hydrogen) atoms. The van der Waals surface area contributed by atoms with Crippen molar-refractivity contribution in [3.63, 3.8) is 0 Å². The molecule has 0 spiro atoms. The zero-order valence-corrected chi connectivity index (χ0v) is 9.78. The Balaban J connectivity index is 2.52. The quantitative estimate of drug-likeness (QED) is 0.822. The Bertz CT molecular complexity index is 351. The van der Waals surface area contributed by atoms with Crippen LogP contribution in [0.1, 0.15) is 5.56 Å². The van der Waals surface area contributed by atoms with Crippen molar-refractivity contribution in [2.75, 3.05) is 19.8 Å². The van der Waals surface area contributed by atoms with Gasteiger partial charge in [-0.1, -0.05) is 12.1 Å². The Morgan fingerprint density at radius 2 is 1.83 bits per heavy atom. The number of aliphatic hydroxyl groups excluding tert-OH is 1. The van der Waals surface area contributed by atoms with Crippen LogP contribution in [0.25, 0.3) is 0 Å². The van der Waals surface area contributed by atoms with Crippen LogP contribution in [0.4, 0.5) is 13.2 Å². The first-order valence-corrected chi connectivity index (χ1v) is 5.56. The van der Waals surface area contributed by atoms with Crippen molar-refractivity contribution in [3.8, 4) is 5.75 Å². The first-order chi connectivity index (χ1) is 8.47. The Hall–Kier alpha value is -1.27. The summed E-state index contributed by atoms with van der Waals surface area (Å²) in [6.07, 6.45) is -3.83. The van der Waals surface area contributed by atoms with E-state index in [0.717, 1.165) is 5.56 Å². The van der Waals surface area contributed by atoms with Gasteiger partial charge in [0.15, 0.2) is 0 Å². The molecule has 0 saturated heterocycles. The van der Waals surface area contributed by atoms with Gasteiger partial charge in [-0.05, 0) is 24.1 Å². The number of rotatable bonds is 6. The van der Waals surface area contributed by atoms with Gasteiger partial charge >= 0.3 is 6.18 Å². The van der Waals surface area contributed by atoms with Crippen molar-refractivity contribution in [2.24, 2.45) is 11.7 Å². The lowest BCUT2D eigenvalue weighted by molar-refractivity contribution is -0.178. The molecule has 0 fully saturated rings. The van der Waals surface area contributed by atoms with Gasteiger partial charge in [-0.15, -0.1) is 0 Å². The van der Waals surface area contributed by atoms with Crippen LogP contribution in [0.15, 0.2) is 24.3 Å². The zero-order chi connectivity index (χ0) is 13.6. The minimum absolute atomic E-state index is 0.0313. The number of halogens is 3. The molecule has 0 radical (unpaired) electrons. The number of alkyl halides is 3. The fourth-order valence-corrected chi connectivity index (χ4v) is 1.37. The normalized spacial score (nSPS) is 13.4. The summed E-state index contributed by atoms with van der Waals surface area (Å²) in [4.78, 5) is 0. The fourth-order valence-electron chi connectivity index (χ4n) is 1.37. The lowest BCUT2D eigenvalue weighted by Crippen LogP contribution is -2.35. The molecule has 3 nitrogen and oxygen atoms in total. The van der Waals surface area contributed by atoms with Crippen LogP contribution in [0, 0.1) is 5.92 Å². The molecule has 0 aliphatic carbocycles. The van der Waals surface area contributed by atoms with E-state index in [4.69, 9.17) is 15.6 Å². The van der Waals surface area contributed by atoms with E-state index in [9.17, 15) is 13.2 Å². The third kappa shape index (κ3) is 4.54. The number of nitrogens with two attached hydrogens (primary N) is 1. The van der Waals surface area contributed by atoms with Crippen LogP contribution in [0.3, 0.4) is 0 Å². The molecule has 1 aromatic carbocycles. The lowest BCUT2D eigenvalue weighted by atomic mass is 10.1. The molecule has 0 saturated carbocycles. The predicted octanol–water partition coefficient (Wildman–Crippen LogP) is 1.74. The SMILES string of the molecule is NCC(COc1ccc(CCO)cc1)C(F)(F)F. The van der Waals surface area contributed by atoms with Crippen LogP contribution in [-0.4, -0.2) is 31.0 Å². The first kappa shape index (κ1) is 14.8. The standard InChI is InChI=1S/C12H16F3NO2/c13-12(14,15)10(7-16)8-18-11-3-1-9(2-4-11)5-6-17/h1-4,10,17H,5-8,16H2. The molecular weight excluding hydrogens is 247 g/mol. The highest BCUT2D eigenvalue weighted by Crippen LogP contribution is 2.26. The van der Waals surface area contributed by atoms with Gasteiger partial charge in [0.25, 0.3) is 0 Å². The summed E-state index contributed by atoms with van der Waals surface area (Å²) >= 11 is 0. The van der Waals surface area contributed by atoms with Gasteiger partial charge in [-0.3, -0.25) is 0 Å². The molecule has 1 rings (SSSR count). The largest absolute Gasteiger partial charge is 0.493 e. The highest BCUT2D eigenvalue weighted by Gasteiger charge is 2.39. The Labute approximate surface area is 103 Å². The molecular formula is C12H16F3NO2. The van der Waals surface area contributed by atoms with E-state index in [1.54, 1.807) is 24.3 Å². The molecule has 0 heterocycles. The molecule has 0 aromatic heterocycles. The van der Waals surface area contributed by atoms with Gasteiger partial charge in [0.05, 0.1) is 0 Å². The maximum atomic E-state index is 12.4. The number of aliphatic hydroxyl groups is 1. The summed E-state index contributed by atoms with van der Waals surface area (Å²) in [5.74, 6) is -1.30. The second kappa shape index (κ2) is 6.61. The summed E-state index contributed by atoms with van der Waals surface area (Å²) in [7, 11) is 0. The molecule has 0 amide bonds. The van der Waals surface area contributed by atoms with E-state index in [-0.39, 0.29) is 6.61 Å². The van der Waals surface area contributed by atoms with Crippen molar-refractivity contribution in [1.82, 2.24) is 0 Å². The van der Waals surface area contributed by atoms with Crippen LogP contribution >= 0.6 is 0 Å². The molecule has 0 aliphatic heterocycles. The maximum absolute atomic E-state index is 12.4. The van der Waals surface area contributed by atoms with E-state index in [2.05, 4.69) is 0 Å². The monoisotopic (exact) mass is 263 g/mol. The number of hydrogen-bond acceptors (Lipinski definition) is 3. The molecule has 0 bridgehead atoms. The van der Waals surface area contributed by atoms with Crippen LogP contribution in [-0.2, 0) is 6.42 Å². The lowest BCUT2D eigenvalue weighted by Gasteiger charge is -2.18. The molecule has 6 heteroatoms. The highest BCUT2D eigenvalue weighted by atomic mass is 19.4. The second-order valence-corrected chi connectivity index (χ2v) is 3.90. The van der Waals surface area contributed by atoms with Crippen molar-refractivity contribution in [3.05, 3.63) is 29.8 Å². The smallest absolute Gasteiger partial charge is 0.396 e. The average molecular weight is 263 g/mol. The number of ether oxygens (including phenoxy) is 1. The summed E-state index contributed by atoms with van der Waals surface area (Å²) in [5.41, 5.74) is 5.96. The van der Waals surface area contributed by atoms with Gasteiger partial charge in [0.2, 0.25) is 0 Å². The molecule has 0 aliphatic rings. The Kier molecular flexibility index (Phi) is 5.43. The Morgan fingerprint density at radius 1 is 1.22 bits per heavy atom. The van der Waals surface area contributed by atoms with Crippen LogP contribution < -0.4 is 10.5 Å². The zero-order valence-electron chi connectivity index (χ0n) is 9.78. The second-order valence-electron chi connectivity index (χ2n) is 3.90. The minimum atomic E-state index is -4.34. The van der Waals surface area contributed by atoms with Gasteiger partial charge in [0.1, 0.15) is 18.3 Å². The van der Waals surface area contributed by atoms with Crippen molar-refractivity contribution < 1.29 is 23.0 Å². The van der Waals surface area contributed by atoms with Crippen LogP contribution in [0.5, 0.6) is 5.75 Å². The van der Waals surface area contributed by atoms with E-state index >= 15 is 0 Å². The highest BCUT2D eigenvalue weighted by molar-refractivity contribution is 5.27. The summed E-state index contributed by atoms with van der Waals surface area (Å²) in [6.45, 7) is -0.949. The topological polar surface area (TPSA) is 55.5 Å². The van der Waals surface area contributed by atoms with Crippen molar-refractivity contribution >= 4 is 0 Å². The maximum Gasteiger partial charge on any atom is 0.396 e. The molecule has 1 aromatic rings. The van der Waals surface area contributed by atoms with Crippen molar-refractivity contribution in [2.45, 2.75) is 12.6 Å². The predicted molar refractivity (Wildman–Crippen MR) is 61.3 cm³/mol. The van der Waals surface area contributed by atoms with Gasteiger partial charge in [-0.2, -0.15) is 13.2 Å². The summed E-state index contributed by atoms with van der Waals surface area (Å²) < 4.78 is 42.3. The third-order valence-electron chi connectivity index (χ3n) is 2.52. The van der Waals surface area contributed by atoms with E-state index in [0.29, 0.717) is 12.2 Å². The fraction of sp³-hybridized carbons (Fsp3) is 0.500. The van der Waals surface area contributed by atoms with E-state index in [1.807, 2.05) is 0 Å². The van der Waals surface area contributed by atoms with Crippen molar-refractivity contribution in [1.29, 1.82) is 0 Å². The van der Waals surface area contributed by atoms with Gasteiger partial charge < -0.3 is 15.6 Å². The van der Waals surface area contributed by atoms with E-state index < -0.39 is 25.2 Å². The number of hydrogen-bond donors (Lipinski definition) is 2. The first-order valence-electron chi connectivity index (χ1n) is 5.56. The number of benzene rings is 1. The third-order valence-corrected chi connectivity index (χ3v) is 2.52. The van der Waals surface area contributed by atoms with Gasteiger partial charge in [-0.25, -0.2) is 0 Å². The summed E-state index contributed by atoms with van der Waals surface area (Å²) in [5, 5.41) is 8.72. The minimum Gasteiger partial charge on any atom is -0.493 e. The van der Waals surface area contributed by atoms with Crippen LogP contribution in [0.2, 0.25) is 0 Å². The molecule has 102 valence electrons. The molecule has 1 unspecified atom stereocenters. The Morgan fingerprint density at radius 3 is 2.28 bits per heavy atom. The molecule has 1 atom stereocenters. The van der Waals surface area contributed by atoms with Gasteiger partial charge in [0, 0.05) is 13.2 Å². The summed E-state index contributed by atoms with van der Waals surface area (Å²) in [6, 6.07) is 6.57.